The Morgan fingerprint density at radius 3 is 1.68 bits per heavy atom. The van der Waals surface area contributed by atoms with Gasteiger partial charge < -0.3 is 14.6 Å². The number of halogens is 2. The quantitative estimate of drug-likeness (QED) is 0.189. The maximum Gasteiger partial charge on any atom is 0.349 e. The third-order valence-corrected chi connectivity index (χ3v) is 5.73. The van der Waals surface area contributed by atoms with Crippen molar-refractivity contribution in [2.75, 3.05) is 0 Å². The summed E-state index contributed by atoms with van der Waals surface area (Å²) in [5.41, 5.74) is 2.96. The van der Waals surface area contributed by atoms with Crippen LogP contribution in [-0.4, -0.2) is 52.0 Å². The maximum absolute atomic E-state index is 13.0. The fraction of sp³-hybridized carbons (Fsp3) is 0.0800. The number of non-ortho nitro benzene ring substituents is 1. The smallest absolute Gasteiger partial charge is 0.349 e. The van der Waals surface area contributed by atoms with Gasteiger partial charge in [0, 0.05) is 17.7 Å². The standard InChI is InChI=1S/C25H17Cl2N3O10/c26-17-7-3-1-5-15(17)24(35)39-19(20(23(33)34)40-25(36)16-6-2-4-8-18(16)27)22(32)29-28-21(31)13-9-11-14(12-10-13)30(37)38/h1-12,19-20H,(H,28,31)(H,29,32)(H,33,34)/t19-,20+/m1/s1. The van der Waals surface area contributed by atoms with Crippen molar-refractivity contribution in [2.45, 2.75) is 12.2 Å². The van der Waals surface area contributed by atoms with Gasteiger partial charge in [0.2, 0.25) is 12.2 Å². The number of carbonyl (C=O) groups excluding carboxylic acids is 4. The molecule has 0 radical (unpaired) electrons. The van der Waals surface area contributed by atoms with E-state index >= 15 is 0 Å². The lowest BCUT2D eigenvalue weighted by atomic mass is 10.1. The number of hydrogen-bond acceptors (Lipinski definition) is 9. The first kappa shape index (κ1) is 29.5. The van der Waals surface area contributed by atoms with Crippen LogP contribution in [0.15, 0.2) is 72.8 Å². The Balaban J connectivity index is 1.86. The zero-order valence-corrected chi connectivity index (χ0v) is 21.4. The Kier molecular flexibility index (Phi) is 9.73. The van der Waals surface area contributed by atoms with E-state index in [1.54, 1.807) is 0 Å². The number of rotatable bonds is 9. The average Bonchev–Trinajstić information content (AvgIpc) is 2.93. The third kappa shape index (κ3) is 7.30. The molecule has 0 bridgehead atoms. The van der Waals surface area contributed by atoms with E-state index in [4.69, 9.17) is 32.7 Å². The summed E-state index contributed by atoms with van der Waals surface area (Å²) in [7, 11) is 0. The molecule has 3 aromatic rings. The molecule has 0 aliphatic rings. The molecule has 2 amide bonds. The Hall–Kier alpha value is -5.01. The van der Waals surface area contributed by atoms with Gasteiger partial charge in [-0.3, -0.25) is 30.6 Å². The Bertz CT molecular complexity index is 1480. The van der Waals surface area contributed by atoms with Crippen LogP contribution in [0.5, 0.6) is 0 Å². The van der Waals surface area contributed by atoms with Gasteiger partial charge in [-0.05, 0) is 36.4 Å². The topological polar surface area (TPSA) is 191 Å². The van der Waals surface area contributed by atoms with Gasteiger partial charge in [-0.1, -0.05) is 47.5 Å². The summed E-state index contributed by atoms with van der Waals surface area (Å²) in [6.45, 7) is 0. The molecular formula is C25H17Cl2N3O10. The Morgan fingerprint density at radius 1 is 0.750 bits per heavy atom. The molecule has 0 aromatic heterocycles. The molecule has 0 fully saturated rings. The second-order valence-electron chi connectivity index (χ2n) is 7.70. The Morgan fingerprint density at radius 2 is 1.23 bits per heavy atom. The van der Waals surface area contributed by atoms with Crippen molar-refractivity contribution in [3.05, 3.63) is 110 Å². The van der Waals surface area contributed by atoms with Crippen LogP contribution < -0.4 is 10.9 Å². The van der Waals surface area contributed by atoms with Crippen molar-refractivity contribution >= 4 is 58.6 Å². The lowest BCUT2D eigenvalue weighted by Gasteiger charge is -2.24. The van der Waals surface area contributed by atoms with E-state index < -0.39 is 46.9 Å². The van der Waals surface area contributed by atoms with E-state index in [1.165, 1.54) is 48.5 Å². The van der Waals surface area contributed by atoms with Gasteiger partial charge >= 0.3 is 17.9 Å². The van der Waals surface area contributed by atoms with Crippen molar-refractivity contribution in [3.8, 4) is 0 Å². The molecule has 15 heteroatoms. The van der Waals surface area contributed by atoms with Crippen LogP contribution >= 0.6 is 23.2 Å². The third-order valence-electron chi connectivity index (χ3n) is 5.07. The number of ether oxygens (including phenoxy) is 2. The number of nitro benzene ring substituents is 1. The lowest BCUT2D eigenvalue weighted by Crippen LogP contribution is -2.54. The molecule has 0 saturated heterocycles. The highest BCUT2D eigenvalue weighted by Crippen LogP contribution is 2.21. The van der Waals surface area contributed by atoms with Gasteiger partial charge in [0.05, 0.1) is 26.1 Å². The van der Waals surface area contributed by atoms with Crippen LogP contribution in [0.4, 0.5) is 5.69 Å². The normalized spacial score (nSPS) is 11.8. The van der Waals surface area contributed by atoms with Gasteiger partial charge in [-0.15, -0.1) is 0 Å². The number of nitrogens with one attached hydrogen (secondary N) is 2. The SMILES string of the molecule is O=C(NNC(=O)[C@H](OC(=O)c1ccccc1Cl)[C@H](OC(=O)c1ccccc1Cl)C(=O)O)c1ccc([N+](=O)[O-])cc1. The van der Waals surface area contributed by atoms with Crippen molar-refractivity contribution < 1.29 is 43.5 Å². The molecule has 0 heterocycles. The number of carbonyl (C=O) groups is 5. The van der Waals surface area contributed by atoms with Crippen LogP contribution in [0.3, 0.4) is 0 Å². The molecule has 0 aliphatic heterocycles. The van der Waals surface area contributed by atoms with Crippen LogP contribution in [0, 0.1) is 10.1 Å². The molecule has 13 nitrogen and oxygen atoms in total. The minimum absolute atomic E-state index is 0.0823. The predicted molar refractivity (Wildman–Crippen MR) is 138 cm³/mol. The van der Waals surface area contributed by atoms with Crippen molar-refractivity contribution in [2.24, 2.45) is 0 Å². The van der Waals surface area contributed by atoms with Crippen LogP contribution in [0.2, 0.25) is 10.0 Å². The molecule has 206 valence electrons. The predicted octanol–water partition coefficient (Wildman–Crippen LogP) is 3.20. The summed E-state index contributed by atoms with van der Waals surface area (Å²) in [4.78, 5) is 73.0. The first-order valence-electron chi connectivity index (χ1n) is 11.0. The van der Waals surface area contributed by atoms with Crippen LogP contribution in [-0.2, 0) is 19.1 Å². The first-order chi connectivity index (χ1) is 19.0. The lowest BCUT2D eigenvalue weighted by molar-refractivity contribution is -0.384. The summed E-state index contributed by atoms with van der Waals surface area (Å²) < 4.78 is 10.1. The van der Waals surface area contributed by atoms with Crippen molar-refractivity contribution in [3.63, 3.8) is 0 Å². The van der Waals surface area contributed by atoms with E-state index in [-0.39, 0.29) is 32.4 Å². The second kappa shape index (κ2) is 13.2. The van der Waals surface area contributed by atoms with Crippen LogP contribution in [0.1, 0.15) is 31.1 Å². The summed E-state index contributed by atoms with van der Waals surface area (Å²) in [5.74, 6) is -6.74. The fourth-order valence-electron chi connectivity index (χ4n) is 3.10. The number of aliphatic carboxylic acids is 1. The van der Waals surface area contributed by atoms with Gasteiger partial charge in [-0.25, -0.2) is 14.4 Å². The van der Waals surface area contributed by atoms with Gasteiger partial charge in [0.25, 0.3) is 17.5 Å². The zero-order valence-electron chi connectivity index (χ0n) is 19.9. The number of esters is 2. The van der Waals surface area contributed by atoms with E-state index in [1.807, 2.05) is 10.9 Å². The second-order valence-corrected chi connectivity index (χ2v) is 8.51. The number of nitro groups is 1. The number of carboxylic acids is 1. The fourth-order valence-corrected chi connectivity index (χ4v) is 3.53. The van der Waals surface area contributed by atoms with Crippen LogP contribution in [0.25, 0.3) is 0 Å². The molecule has 0 aliphatic carbocycles. The highest BCUT2D eigenvalue weighted by Gasteiger charge is 2.41. The molecule has 0 spiro atoms. The van der Waals surface area contributed by atoms with Crippen molar-refractivity contribution in [1.29, 1.82) is 0 Å². The molecule has 0 saturated carbocycles. The molecule has 0 unspecified atom stereocenters. The van der Waals surface area contributed by atoms with E-state index in [0.717, 1.165) is 24.3 Å². The summed E-state index contributed by atoms with van der Waals surface area (Å²) in [6.07, 6.45) is -4.75. The van der Waals surface area contributed by atoms with Gasteiger partial charge in [-0.2, -0.15) is 0 Å². The average molecular weight is 590 g/mol. The monoisotopic (exact) mass is 589 g/mol. The largest absolute Gasteiger partial charge is 0.478 e. The number of carboxylic acid groups (broad SMARTS) is 1. The van der Waals surface area contributed by atoms with Gasteiger partial charge in [0.1, 0.15) is 0 Å². The van der Waals surface area contributed by atoms with E-state index in [2.05, 4.69) is 0 Å². The van der Waals surface area contributed by atoms with Crippen molar-refractivity contribution in [1.82, 2.24) is 10.9 Å². The minimum atomic E-state index is -2.41. The number of nitrogens with zero attached hydrogens (tertiary/aromatic N) is 1. The van der Waals surface area contributed by atoms with E-state index in [0.29, 0.717) is 0 Å². The number of hydrazine groups is 1. The van der Waals surface area contributed by atoms with E-state index in [9.17, 15) is 39.2 Å². The summed E-state index contributed by atoms with van der Waals surface area (Å²) >= 11 is 12.0. The summed E-state index contributed by atoms with van der Waals surface area (Å²) in [6, 6.07) is 15.3. The molecular weight excluding hydrogens is 573 g/mol. The molecule has 40 heavy (non-hydrogen) atoms. The highest BCUT2D eigenvalue weighted by atomic mass is 35.5. The number of hydrogen-bond donors (Lipinski definition) is 3. The number of amides is 2. The minimum Gasteiger partial charge on any atom is -0.478 e. The van der Waals surface area contributed by atoms with Gasteiger partial charge in [0.15, 0.2) is 0 Å². The zero-order chi connectivity index (χ0) is 29.4. The number of benzene rings is 3. The molecule has 2 atom stereocenters. The maximum atomic E-state index is 13.0. The molecule has 3 aromatic carbocycles. The molecule has 3 N–H and O–H groups in total. The first-order valence-corrected chi connectivity index (χ1v) is 11.7. The Labute approximate surface area is 234 Å². The summed E-state index contributed by atoms with van der Waals surface area (Å²) in [5, 5.41) is 20.4. The highest BCUT2D eigenvalue weighted by molar-refractivity contribution is 6.34. The molecule has 3 rings (SSSR count).